The third kappa shape index (κ3) is 4.28. The van der Waals surface area contributed by atoms with E-state index in [1.807, 2.05) is 6.07 Å². The van der Waals surface area contributed by atoms with E-state index < -0.39 is 5.91 Å². The molecule has 0 spiro atoms. The first-order chi connectivity index (χ1) is 11.6. The first kappa shape index (κ1) is 19.2. The number of benzene rings is 1. The van der Waals surface area contributed by atoms with Gasteiger partial charge in [-0.1, -0.05) is 0 Å². The molecule has 0 radical (unpaired) electrons. The van der Waals surface area contributed by atoms with Crippen molar-refractivity contribution in [3.8, 4) is 0 Å². The molecule has 1 aliphatic heterocycles. The van der Waals surface area contributed by atoms with Crippen LogP contribution in [0.3, 0.4) is 0 Å². The number of carbonyl (C=O) groups excluding carboxylic acids is 2. The van der Waals surface area contributed by atoms with Gasteiger partial charge < -0.3 is 21.7 Å². The molecular formula is C16H20ClN5O2S. The molecule has 1 aromatic heterocycles. The standard InChI is InChI=1S/C16H19N5O2S.ClH/c17-8-14-19-12(9-24-14)16(23)20-11-7-10(15(18)22)3-4-13(11)21-5-1-2-6-21;/h3-4,7,9H,1-2,5-6,8,17H2,(H2,18,22)(H,20,23);1H. The summed E-state index contributed by atoms with van der Waals surface area (Å²) in [7, 11) is 0. The maximum Gasteiger partial charge on any atom is 0.275 e. The lowest BCUT2D eigenvalue weighted by atomic mass is 10.1. The van der Waals surface area contributed by atoms with Crippen LogP contribution in [0.15, 0.2) is 23.6 Å². The molecule has 0 unspecified atom stereocenters. The first-order valence-electron chi connectivity index (χ1n) is 7.73. The Bertz CT molecular complexity index is 774. The molecule has 0 bridgehead atoms. The fourth-order valence-corrected chi connectivity index (χ4v) is 3.37. The fraction of sp³-hybridized carbons (Fsp3) is 0.312. The third-order valence-electron chi connectivity index (χ3n) is 3.94. The maximum atomic E-state index is 12.4. The van der Waals surface area contributed by atoms with Crippen LogP contribution in [0.25, 0.3) is 0 Å². The number of nitrogens with zero attached hydrogens (tertiary/aromatic N) is 2. The molecule has 2 aromatic rings. The summed E-state index contributed by atoms with van der Waals surface area (Å²) >= 11 is 1.34. The van der Waals surface area contributed by atoms with Crippen LogP contribution in [0, 0.1) is 0 Å². The van der Waals surface area contributed by atoms with E-state index in [4.69, 9.17) is 11.5 Å². The second kappa shape index (κ2) is 8.28. The topological polar surface area (TPSA) is 114 Å². The summed E-state index contributed by atoms with van der Waals surface area (Å²) in [6.07, 6.45) is 2.22. The molecule has 1 saturated heterocycles. The van der Waals surface area contributed by atoms with E-state index in [1.165, 1.54) is 11.3 Å². The van der Waals surface area contributed by atoms with Crippen molar-refractivity contribution in [3.63, 3.8) is 0 Å². The minimum absolute atomic E-state index is 0. The predicted octanol–water partition coefficient (Wildman–Crippen LogP) is 1.97. The van der Waals surface area contributed by atoms with E-state index in [2.05, 4.69) is 15.2 Å². The zero-order valence-electron chi connectivity index (χ0n) is 13.5. The third-order valence-corrected chi connectivity index (χ3v) is 4.81. The Morgan fingerprint density at radius 3 is 2.60 bits per heavy atom. The van der Waals surface area contributed by atoms with Gasteiger partial charge in [0.15, 0.2) is 0 Å². The highest BCUT2D eigenvalue weighted by atomic mass is 35.5. The normalized spacial score (nSPS) is 13.4. The molecule has 2 heterocycles. The number of nitrogens with two attached hydrogens (primary N) is 2. The number of hydrogen-bond donors (Lipinski definition) is 3. The van der Waals surface area contributed by atoms with Crippen molar-refractivity contribution in [2.24, 2.45) is 11.5 Å². The Morgan fingerprint density at radius 2 is 2.00 bits per heavy atom. The van der Waals surface area contributed by atoms with Crippen LogP contribution in [-0.4, -0.2) is 29.9 Å². The summed E-state index contributed by atoms with van der Waals surface area (Å²) in [4.78, 5) is 30.3. The van der Waals surface area contributed by atoms with E-state index in [0.717, 1.165) is 31.6 Å². The van der Waals surface area contributed by atoms with Crippen LogP contribution < -0.4 is 21.7 Å². The van der Waals surface area contributed by atoms with Crippen molar-refractivity contribution >= 4 is 46.9 Å². The highest BCUT2D eigenvalue weighted by molar-refractivity contribution is 7.09. The number of anilines is 2. The summed E-state index contributed by atoms with van der Waals surface area (Å²) < 4.78 is 0. The van der Waals surface area contributed by atoms with E-state index in [0.29, 0.717) is 28.5 Å². The summed E-state index contributed by atoms with van der Waals surface area (Å²) in [5.74, 6) is -0.856. The largest absolute Gasteiger partial charge is 0.370 e. The number of carbonyl (C=O) groups is 2. The van der Waals surface area contributed by atoms with Crippen LogP contribution in [0.4, 0.5) is 11.4 Å². The lowest BCUT2D eigenvalue weighted by molar-refractivity contribution is 0.0995. The summed E-state index contributed by atoms with van der Waals surface area (Å²) in [6, 6.07) is 5.12. The zero-order chi connectivity index (χ0) is 17.1. The molecule has 134 valence electrons. The van der Waals surface area contributed by atoms with Gasteiger partial charge >= 0.3 is 0 Å². The predicted molar refractivity (Wildman–Crippen MR) is 102 cm³/mol. The molecule has 1 aliphatic rings. The highest BCUT2D eigenvalue weighted by Crippen LogP contribution is 2.30. The van der Waals surface area contributed by atoms with Crippen molar-refractivity contribution in [2.45, 2.75) is 19.4 Å². The Labute approximate surface area is 155 Å². The molecule has 3 rings (SSSR count). The minimum Gasteiger partial charge on any atom is -0.370 e. The number of amides is 2. The van der Waals surface area contributed by atoms with Crippen LogP contribution in [0.2, 0.25) is 0 Å². The Morgan fingerprint density at radius 1 is 1.28 bits per heavy atom. The van der Waals surface area contributed by atoms with Gasteiger partial charge in [0, 0.05) is 30.6 Å². The average molecular weight is 382 g/mol. The lowest BCUT2D eigenvalue weighted by Gasteiger charge is -2.22. The molecule has 9 heteroatoms. The van der Waals surface area contributed by atoms with Crippen molar-refractivity contribution in [2.75, 3.05) is 23.3 Å². The summed E-state index contributed by atoms with van der Waals surface area (Å²) in [6.45, 7) is 2.15. The molecule has 1 aromatic carbocycles. The van der Waals surface area contributed by atoms with Gasteiger partial charge in [0.1, 0.15) is 10.7 Å². The molecule has 0 saturated carbocycles. The molecule has 0 atom stereocenters. The summed E-state index contributed by atoms with van der Waals surface area (Å²) in [5.41, 5.74) is 13.0. The number of hydrogen-bond acceptors (Lipinski definition) is 6. The molecule has 25 heavy (non-hydrogen) atoms. The first-order valence-corrected chi connectivity index (χ1v) is 8.61. The second-order valence-corrected chi connectivity index (χ2v) is 6.52. The molecular weight excluding hydrogens is 362 g/mol. The van der Waals surface area contributed by atoms with E-state index in [9.17, 15) is 9.59 Å². The van der Waals surface area contributed by atoms with Crippen molar-refractivity contribution in [3.05, 3.63) is 39.8 Å². The molecule has 2 amide bonds. The van der Waals surface area contributed by atoms with Gasteiger partial charge in [-0.05, 0) is 31.0 Å². The van der Waals surface area contributed by atoms with Crippen molar-refractivity contribution in [1.29, 1.82) is 0 Å². The van der Waals surface area contributed by atoms with Crippen LogP contribution >= 0.6 is 23.7 Å². The quantitative estimate of drug-likeness (QED) is 0.732. The number of nitrogens with one attached hydrogen (secondary N) is 1. The fourth-order valence-electron chi connectivity index (χ4n) is 2.72. The SMILES string of the molecule is Cl.NCc1nc(C(=O)Nc2cc(C(N)=O)ccc2N2CCCC2)cs1. The van der Waals surface area contributed by atoms with Crippen LogP contribution in [0.1, 0.15) is 38.7 Å². The van der Waals surface area contributed by atoms with Gasteiger partial charge in [-0.15, -0.1) is 23.7 Å². The number of thiazole rings is 1. The Hall–Kier alpha value is -2.16. The van der Waals surface area contributed by atoms with Gasteiger partial charge in [-0.3, -0.25) is 9.59 Å². The Balaban J connectivity index is 0.00000225. The lowest BCUT2D eigenvalue weighted by Crippen LogP contribution is -2.22. The second-order valence-electron chi connectivity index (χ2n) is 5.58. The smallest absolute Gasteiger partial charge is 0.275 e. The van der Waals surface area contributed by atoms with Gasteiger partial charge in [-0.2, -0.15) is 0 Å². The van der Waals surface area contributed by atoms with Crippen LogP contribution in [0.5, 0.6) is 0 Å². The Kier molecular flexibility index (Phi) is 6.35. The molecule has 5 N–H and O–H groups in total. The maximum absolute atomic E-state index is 12.4. The van der Waals surface area contributed by atoms with Crippen molar-refractivity contribution < 1.29 is 9.59 Å². The van der Waals surface area contributed by atoms with Gasteiger partial charge in [-0.25, -0.2) is 4.98 Å². The van der Waals surface area contributed by atoms with E-state index in [1.54, 1.807) is 17.5 Å². The number of primary amides is 1. The van der Waals surface area contributed by atoms with Gasteiger partial charge in [0.2, 0.25) is 5.91 Å². The number of aromatic nitrogens is 1. The van der Waals surface area contributed by atoms with Crippen molar-refractivity contribution in [1.82, 2.24) is 4.98 Å². The molecule has 0 aliphatic carbocycles. The molecule has 7 nitrogen and oxygen atoms in total. The summed E-state index contributed by atoms with van der Waals surface area (Å²) in [5, 5.41) is 5.22. The number of halogens is 1. The zero-order valence-corrected chi connectivity index (χ0v) is 15.2. The van der Waals surface area contributed by atoms with Gasteiger partial charge in [0.25, 0.3) is 5.91 Å². The van der Waals surface area contributed by atoms with E-state index >= 15 is 0 Å². The van der Waals surface area contributed by atoms with Gasteiger partial charge in [0.05, 0.1) is 11.4 Å². The molecule has 1 fully saturated rings. The van der Waals surface area contributed by atoms with Crippen LogP contribution in [-0.2, 0) is 6.54 Å². The minimum atomic E-state index is -0.530. The highest BCUT2D eigenvalue weighted by Gasteiger charge is 2.19. The average Bonchev–Trinajstić information content (AvgIpc) is 3.26. The van der Waals surface area contributed by atoms with E-state index in [-0.39, 0.29) is 18.3 Å². The monoisotopic (exact) mass is 381 g/mol. The number of rotatable bonds is 5.